The maximum Gasteiger partial charge on any atom is 0.303 e. The molecule has 3 aromatic carbocycles. The zero-order valence-corrected chi connectivity index (χ0v) is 25.7. The van der Waals surface area contributed by atoms with Crippen molar-refractivity contribution in [1.82, 2.24) is 24.9 Å². The van der Waals surface area contributed by atoms with Gasteiger partial charge in [0, 0.05) is 60.6 Å². The molecular formula is C36H33F2N5O4. The Kier molecular flexibility index (Phi) is 8.07. The maximum atomic E-state index is 15.5. The third-order valence-electron chi connectivity index (χ3n) is 8.89. The minimum Gasteiger partial charge on any atom is -0.481 e. The number of nitrogens with zero attached hydrogens (tertiary/aromatic N) is 2. The number of rotatable bonds is 4. The Hall–Kier alpha value is -5.29. The van der Waals surface area contributed by atoms with Crippen LogP contribution in [0.15, 0.2) is 73.2 Å². The highest BCUT2D eigenvalue weighted by Gasteiger charge is 2.36. The summed E-state index contributed by atoms with van der Waals surface area (Å²) >= 11 is 0. The number of carboxylic acid groups (broad SMARTS) is 1. The van der Waals surface area contributed by atoms with Gasteiger partial charge in [0.1, 0.15) is 23.2 Å². The van der Waals surface area contributed by atoms with Gasteiger partial charge < -0.3 is 29.5 Å². The van der Waals surface area contributed by atoms with E-state index in [0.717, 1.165) is 28.0 Å². The number of imidazole rings is 2. The number of ether oxygens (including phenoxy) is 2. The van der Waals surface area contributed by atoms with E-state index in [1.807, 2.05) is 37.3 Å². The highest BCUT2D eigenvalue weighted by Crippen LogP contribution is 2.40. The first-order chi connectivity index (χ1) is 22.8. The molecule has 6 aromatic rings. The summed E-state index contributed by atoms with van der Waals surface area (Å²) in [6.45, 7) is 2.89. The summed E-state index contributed by atoms with van der Waals surface area (Å²) < 4.78 is 43.1. The molecule has 1 unspecified atom stereocenters. The Bertz CT molecular complexity index is 2080. The van der Waals surface area contributed by atoms with Gasteiger partial charge in [-0.25, -0.2) is 18.7 Å². The molecule has 1 atom stereocenters. The number of carbonyl (C=O) groups is 1. The second-order valence-electron chi connectivity index (χ2n) is 11.9. The van der Waals surface area contributed by atoms with Gasteiger partial charge in [-0.1, -0.05) is 24.3 Å². The van der Waals surface area contributed by atoms with Crippen LogP contribution in [0.3, 0.4) is 0 Å². The molecule has 0 amide bonds. The van der Waals surface area contributed by atoms with Crippen molar-refractivity contribution in [2.75, 3.05) is 13.2 Å². The fourth-order valence-electron chi connectivity index (χ4n) is 6.27. The molecule has 0 saturated heterocycles. The molecule has 0 aliphatic carbocycles. The maximum absolute atomic E-state index is 15.5. The minimum atomic E-state index is -0.871. The molecular weight excluding hydrogens is 604 g/mol. The lowest BCUT2D eigenvalue weighted by molar-refractivity contribution is -0.136. The van der Waals surface area contributed by atoms with Crippen LogP contribution in [0.5, 0.6) is 11.5 Å². The molecule has 1 aliphatic heterocycles. The largest absolute Gasteiger partial charge is 0.481 e. The number of hydrogen-bond donors (Lipinski definition) is 4. The van der Waals surface area contributed by atoms with Gasteiger partial charge in [0.25, 0.3) is 0 Å². The summed E-state index contributed by atoms with van der Waals surface area (Å²) in [5.41, 5.74) is 3.84. The number of aromatic nitrogens is 5. The first-order valence-corrected chi connectivity index (χ1v) is 15.5. The highest BCUT2D eigenvalue weighted by molar-refractivity contribution is 5.85. The van der Waals surface area contributed by atoms with Crippen molar-refractivity contribution in [2.45, 2.75) is 44.4 Å². The molecule has 4 N–H and O–H groups in total. The van der Waals surface area contributed by atoms with Crippen LogP contribution in [-0.2, 0) is 34.2 Å². The molecule has 0 saturated carbocycles. The van der Waals surface area contributed by atoms with E-state index < -0.39 is 23.0 Å². The normalized spacial score (nSPS) is 16.9. The minimum absolute atomic E-state index is 0.00467. The topological polar surface area (TPSA) is 129 Å². The summed E-state index contributed by atoms with van der Waals surface area (Å²) in [4.78, 5) is 30.4. The van der Waals surface area contributed by atoms with Crippen LogP contribution in [0.4, 0.5) is 8.78 Å². The van der Waals surface area contributed by atoms with Crippen LogP contribution in [0.2, 0.25) is 0 Å². The summed E-state index contributed by atoms with van der Waals surface area (Å²) in [5.74, 6) is -0.568. The van der Waals surface area contributed by atoms with Gasteiger partial charge >= 0.3 is 5.97 Å². The molecule has 11 heteroatoms. The Morgan fingerprint density at radius 1 is 0.979 bits per heavy atom. The second kappa shape index (κ2) is 12.5. The lowest BCUT2D eigenvalue weighted by Crippen LogP contribution is -2.27. The molecule has 6 bridgehead atoms. The number of nitrogens with one attached hydrogen (secondary N) is 3. The number of aliphatic carboxylic acids is 1. The Balaban J connectivity index is 1.34. The number of halogens is 2. The molecule has 0 spiro atoms. The highest BCUT2D eigenvalue weighted by atomic mass is 19.1. The number of aryl methyl sites for hydroxylation is 2. The van der Waals surface area contributed by atoms with E-state index in [-0.39, 0.29) is 29.3 Å². The Morgan fingerprint density at radius 2 is 1.83 bits per heavy atom. The second-order valence-corrected chi connectivity index (χ2v) is 11.9. The zero-order chi connectivity index (χ0) is 32.5. The molecule has 47 heavy (non-hydrogen) atoms. The van der Waals surface area contributed by atoms with Gasteiger partial charge in [0.2, 0.25) is 0 Å². The van der Waals surface area contributed by atoms with Crippen LogP contribution in [0.1, 0.15) is 53.7 Å². The third-order valence-corrected chi connectivity index (χ3v) is 8.89. The Morgan fingerprint density at radius 3 is 2.70 bits per heavy atom. The van der Waals surface area contributed by atoms with E-state index in [4.69, 9.17) is 9.47 Å². The number of hydrogen-bond acceptors (Lipinski definition) is 5. The molecule has 4 heterocycles. The van der Waals surface area contributed by atoms with Gasteiger partial charge in [-0.15, -0.1) is 0 Å². The van der Waals surface area contributed by atoms with Crippen LogP contribution < -0.4 is 4.74 Å². The van der Waals surface area contributed by atoms with Gasteiger partial charge in [0.05, 0.1) is 29.0 Å². The molecule has 0 fully saturated rings. The molecule has 1 aliphatic rings. The van der Waals surface area contributed by atoms with Crippen molar-refractivity contribution in [3.8, 4) is 22.9 Å². The fourth-order valence-corrected chi connectivity index (χ4v) is 6.27. The van der Waals surface area contributed by atoms with Crippen molar-refractivity contribution in [2.24, 2.45) is 0 Å². The average molecular weight is 638 g/mol. The van der Waals surface area contributed by atoms with E-state index in [1.165, 1.54) is 24.3 Å². The molecule has 7 rings (SSSR count). The SMILES string of the molecule is CC1(c2cccc(CCC(=O)O)c2)c2cnc([nH]2)CCOCCCc2c(c(F)cc3[nH]ccc23)Oc2ccc(F)c(c2)-c2ncc1[nH]2. The molecule has 240 valence electrons. The number of H-pyrrole nitrogens is 3. The zero-order valence-electron chi connectivity index (χ0n) is 25.7. The lowest BCUT2D eigenvalue weighted by Gasteiger charge is -2.28. The van der Waals surface area contributed by atoms with Crippen molar-refractivity contribution >= 4 is 16.9 Å². The van der Waals surface area contributed by atoms with Crippen LogP contribution in [0, 0.1) is 11.6 Å². The van der Waals surface area contributed by atoms with Crippen LogP contribution in [-0.4, -0.2) is 49.2 Å². The van der Waals surface area contributed by atoms with Gasteiger partial charge in [0.15, 0.2) is 11.6 Å². The number of fused-ring (bicyclic) bond motifs is 10. The van der Waals surface area contributed by atoms with Crippen molar-refractivity contribution in [1.29, 1.82) is 0 Å². The monoisotopic (exact) mass is 637 g/mol. The van der Waals surface area contributed by atoms with Crippen LogP contribution >= 0.6 is 0 Å². The van der Waals surface area contributed by atoms with Gasteiger partial charge in [-0.2, -0.15) is 0 Å². The number of aromatic amines is 3. The van der Waals surface area contributed by atoms with Gasteiger partial charge in [-0.3, -0.25) is 4.79 Å². The molecule has 0 radical (unpaired) electrons. The quantitative estimate of drug-likeness (QED) is 0.162. The first kappa shape index (κ1) is 30.4. The van der Waals surface area contributed by atoms with Crippen LogP contribution in [0.25, 0.3) is 22.3 Å². The standard InChI is InChI=1S/C36H33F2N5O4/c1-36(22-5-2-4-21(16-22)7-10-33(44)45)30-19-40-32(42-30)12-15-46-14-3-6-25-24-11-13-39-29(24)18-28(38)34(25)47-23-8-9-27(37)26(17-23)35-41-20-31(36)43-35/h2,4-5,8-9,11,13,16-20,39H,3,6-7,10,12,14-15H2,1H3,(H,40,42)(H,41,43)(H,44,45). The smallest absolute Gasteiger partial charge is 0.303 e. The Labute approximate surface area is 269 Å². The fraction of sp³-hybridized carbons (Fsp3) is 0.250. The predicted octanol–water partition coefficient (Wildman–Crippen LogP) is 7.23. The van der Waals surface area contributed by atoms with E-state index in [0.29, 0.717) is 55.7 Å². The van der Waals surface area contributed by atoms with Gasteiger partial charge in [-0.05, 0) is 61.6 Å². The summed E-state index contributed by atoms with van der Waals surface area (Å²) in [6.07, 6.45) is 7.25. The van der Waals surface area contributed by atoms with Crippen molar-refractivity contribution < 1.29 is 28.2 Å². The molecule has 3 aromatic heterocycles. The summed E-state index contributed by atoms with van der Waals surface area (Å²) in [6, 6.07) is 15.3. The lowest BCUT2D eigenvalue weighted by atomic mass is 9.76. The van der Waals surface area contributed by atoms with E-state index in [1.54, 1.807) is 18.6 Å². The number of carboxylic acids is 1. The molecule has 9 nitrogen and oxygen atoms in total. The van der Waals surface area contributed by atoms with E-state index in [2.05, 4.69) is 24.9 Å². The van der Waals surface area contributed by atoms with E-state index in [9.17, 15) is 9.90 Å². The van der Waals surface area contributed by atoms with Crippen molar-refractivity contribution in [3.63, 3.8) is 0 Å². The van der Waals surface area contributed by atoms with Crippen molar-refractivity contribution in [3.05, 3.63) is 119 Å². The third kappa shape index (κ3) is 5.90. The summed E-state index contributed by atoms with van der Waals surface area (Å²) in [5, 5.41) is 10.1. The predicted molar refractivity (Wildman–Crippen MR) is 172 cm³/mol. The average Bonchev–Trinajstić information content (AvgIpc) is 3.85. The van der Waals surface area contributed by atoms with E-state index >= 15 is 8.78 Å². The number of benzene rings is 3. The first-order valence-electron chi connectivity index (χ1n) is 15.5. The summed E-state index contributed by atoms with van der Waals surface area (Å²) in [7, 11) is 0.